The van der Waals surface area contributed by atoms with E-state index in [1.54, 1.807) is 27.7 Å². The van der Waals surface area contributed by atoms with Gasteiger partial charge < -0.3 is 0 Å². The van der Waals surface area contributed by atoms with Gasteiger partial charge in [0.05, 0.1) is 11.7 Å². The fourth-order valence-electron chi connectivity index (χ4n) is 0.102. The van der Waals surface area contributed by atoms with Gasteiger partial charge in [0.1, 0.15) is 0 Å². The first-order valence-electron chi connectivity index (χ1n) is 2.54. The molecule has 0 aromatic rings. The Hall–Kier alpha value is 0.240. The summed E-state index contributed by atoms with van der Waals surface area (Å²) in [6, 6.07) is 0. The van der Waals surface area contributed by atoms with Gasteiger partial charge in [-0.15, -0.1) is 6.58 Å². The third kappa shape index (κ3) is 24.0. The molecule has 0 unspecified atom stereocenters. The quantitative estimate of drug-likeness (QED) is 0.296. The molecular formula is C6H11NS3. The smallest absolute Gasteiger partial charge is 0.0671 e. The molecule has 0 radical (unpaired) electrons. The topological polar surface area (TPSA) is 12.4 Å². The Kier molecular flexibility index (Phi) is 20.7. The number of rotatable bonds is 3. The van der Waals surface area contributed by atoms with Crippen molar-refractivity contribution in [3.63, 3.8) is 0 Å². The van der Waals surface area contributed by atoms with Gasteiger partial charge in [0.2, 0.25) is 0 Å². The van der Waals surface area contributed by atoms with Crippen LogP contribution < -0.4 is 0 Å². The van der Waals surface area contributed by atoms with Crippen molar-refractivity contribution in [2.45, 2.75) is 0 Å². The molecule has 0 aromatic carbocycles. The minimum absolute atomic E-state index is 0.587. The lowest BCUT2D eigenvalue weighted by molar-refractivity contribution is 1.27. The average molecular weight is 193 g/mol. The molecule has 1 nitrogen and oxygen atoms in total. The second kappa shape index (κ2) is 16.1. The lowest BCUT2D eigenvalue weighted by Crippen LogP contribution is -1.61. The van der Waals surface area contributed by atoms with Crippen molar-refractivity contribution in [1.82, 2.24) is 0 Å². The molecule has 0 saturated carbocycles. The molecule has 0 amide bonds. The summed E-state index contributed by atoms with van der Waals surface area (Å²) < 4.78 is 0. The Morgan fingerprint density at radius 3 is 2.20 bits per heavy atom. The first kappa shape index (κ1) is 12.9. The summed E-state index contributed by atoms with van der Waals surface area (Å²) in [5.41, 5.74) is 0. The summed E-state index contributed by atoms with van der Waals surface area (Å²) in [4.78, 5) is 3.54. The Morgan fingerprint density at radius 1 is 1.60 bits per heavy atom. The fourth-order valence-corrected chi connectivity index (χ4v) is 0.176. The predicted molar refractivity (Wildman–Crippen MR) is 57.1 cm³/mol. The zero-order chi connectivity index (χ0) is 8.24. The van der Waals surface area contributed by atoms with Crippen LogP contribution in [0.25, 0.3) is 0 Å². The van der Waals surface area contributed by atoms with Crippen molar-refractivity contribution in [1.29, 1.82) is 0 Å². The van der Waals surface area contributed by atoms with E-state index in [2.05, 4.69) is 41.5 Å². The minimum Gasteiger partial charge on any atom is -0.228 e. The number of nitrogens with zero attached hydrogens (tertiary/aromatic N) is 1. The van der Waals surface area contributed by atoms with Crippen molar-refractivity contribution >= 4 is 39.0 Å². The highest BCUT2D eigenvalue weighted by Crippen LogP contribution is 2.09. The van der Waals surface area contributed by atoms with Crippen LogP contribution in [-0.2, 0) is 0 Å². The molecule has 0 aliphatic carbocycles. The predicted octanol–water partition coefficient (Wildman–Crippen LogP) is 2.90. The molecule has 0 N–H and O–H groups in total. The van der Waals surface area contributed by atoms with Crippen LogP contribution in [0.2, 0.25) is 0 Å². The van der Waals surface area contributed by atoms with E-state index in [-0.39, 0.29) is 0 Å². The molecule has 0 heterocycles. The molecule has 0 bridgehead atoms. The fraction of sp³-hybridized carbons (Fsp3) is 0.500. The number of isothiocyanates is 1. The molecule has 58 valence electrons. The highest BCUT2D eigenvalue weighted by atomic mass is 33.1. The summed E-state index contributed by atoms with van der Waals surface area (Å²) in [6.07, 6.45) is 5.79. The maximum atomic E-state index is 4.25. The van der Waals surface area contributed by atoms with Gasteiger partial charge in [-0.05, 0) is 24.7 Å². The normalized spacial score (nSPS) is 6.60. The molecule has 0 aliphatic heterocycles. The van der Waals surface area contributed by atoms with E-state index in [1.807, 2.05) is 0 Å². The van der Waals surface area contributed by atoms with E-state index in [0.717, 1.165) is 0 Å². The third-order valence-electron chi connectivity index (χ3n) is 0.452. The third-order valence-corrected chi connectivity index (χ3v) is 1.91. The van der Waals surface area contributed by atoms with Crippen molar-refractivity contribution < 1.29 is 0 Å². The highest BCUT2D eigenvalue weighted by molar-refractivity contribution is 8.76. The average Bonchev–Trinajstić information content (AvgIpc) is 2.01. The van der Waals surface area contributed by atoms with Gasteiger partial charge in [-0.2, -0.15) is 0 Å². The molecule has 0 rings (SSSR count). The standard InChI is InChI=1S/C4H5NS.C2H6S2/c1-2-3-5-4-6;1-3-4-2/h2H,1,3H2;1-2H3. The van der Waals surface area contributed by atoms with Crippen LogP contribution in [0.1, 0.15) is 0 Å². The second-order valence-corrected chi connectivity index (χ2v) is 3.90. The molecular weight excluding hydrogens is 182 g/mol. The molecule has 10 heavy (non-hydrogen) atoms. The van der Waals surface area contributed by atoms with Gasteiger partial charge in [-0.1, -0.05) is 27.7 Å². The second-order valence-electron chi connectivity index (χ2n) is 1.05. The van der Waals surface area contributed by atoms with Crippen molar-refractivity contribution in [2.24, 2.45) is 4.99 Å². The van der Waals surface area contributed by atoms with E-state index in [4.69, 9.17) is 0 Å². The highest BCUT2D eigenvalue weighted by Gasteiger charge is 1.56. The van der Waals surface area contributed by atoms with Crippen LogP contribution >= 0.6 is 33.8 Å². The zero-order valence-corrected chi connectivity index (χ0v) is 8.61. The first-order chi connectivity index (χ1) is 4.83. The molecule has 0 atom stereocenters. The number of thiocarbonyl (C=S) groups is 1. The molecule has 4 heteroatoms. The molecule has 0 spiro atoms. The van der Waals surface area contributed by atoms with Crippen LogP contribution in [0.15, 0.2) is 17.6 Å². The summed E-state index contributed by atoms with van der Waals surface area (Å²) in [5.74, 6) is 0. The van der Waals surface area contributed by atoms with Crippen molar-refractivity contribution in [3.8, 4) is 0 Å². The first-order valence-corrected chi connectivity index (χ1v) is 5.92. The summed E-state index contributed by atoms with van der Waals surface area (Å²) in [5, 5.41) is 2.21. The lowest BCUT2D eigenvalue weighted by Gasteiger charge is -1.69. The maximum absolute atomic E-state index is 4.25. The number of aliphatic imine (C=N–C) groups is 1. The Bertz CT molecular complexity index is 106. The van der Waals surface area contributed by atoms with Gasteiger partial charge >= 0.3 is 0 Å². The molecule has 0 aromatic heterocycles. The molecule has 0 aliphatic rings. The summed E-state index contributed by atoms with van der Waals surface area (Å²) in [6.45, 7) is 4.00. The van der Waals surface area contributed by atoms with E-state index in [1.165, 1.54) is 0 Å². The maximum Gasteiger partial charge on any atom is 0.0671 e. The van der Waals surface area contributed by atoms with Crippen molar-refractivity contribution in [2.75, 3.05) is 19.1 Å². The van der Waals surface area contributed by atoms with Crippen LogP contribution in [0.5, 0.6) is 0 Å². The van der Waals surface area contributed by atoms with E-state index >= 15 is 0 Å². The van der Waals surface area contributed by atoms with Crippen LogP contribution in [-0.4, -0.2) is 24.2 Å². The summed E-state index contributed by atoms with van der Waals surface area (Å²) >= 11 is 4.25. The largest absolute Gasteiger partial charge is 0.228 e. The van der Waals surface area contributed by atoms with E-state index in [0.29, 0.717) is 6.54 Å². The minimum atomic E-state index is 0.587. The van der Waals surface area contributed by atoms with E-state index in [9.17, 15) is 0 Å². The van der Waals surface area contributed by atoms with Gasteiger partial charge in [-0.3, -0.25) is 0 Å². The number of hydrogen-bond acceptors (Lipinski definition) is 4. The van der Waals surface area contributed by atoms with Gasteiger partial charge in [0.15, 0.2) is 0 Å². The Labute approximate surface area is 75.8 Å². The molecule has 0 saturated heterocycles. The van der Waals surface area contributed by atoms with Gasteiger partial charge in [0, 0.05) is 0 Å². The SMILES string of the molecule is C=CCN=C=S.CSSC. The monoisotopic (exact) mass is 193 g/mol. The molecule has 0 fully saturated rings. The lowest BCUT2D eigenvalue weighted by atomic mass is 10.7. The Morgan fingerprint density at radius 2 is 2.10 bits per heavy atom. The summed E-state index contributed by atoms with van der Waals surface area (Å²) in [7, 11) is 3.55. The zero-order valence-electron chi connectivity index (χ0n) is 6.16. The number of hydrogen-bond donors (Lipinski definition) is 0. The van der Waals surface area contributed by atoms with Crippen LogP contribution in [0.3, 0.4) is 0 Å². The van der Waals surface area contributed by atoms with E-state index < -0.39 is 0 Å². The Balaban J connectivity index is 0. The van der Waals surface area contributed by atoms with Crippen LogP contribution in [0, 0.1) is 0 Å². The van der Waals surface area contributed by atoms with Gasteiger partial charge in [0.25, 0.3) is 0 Å². The van der Waals surface area contributed by atoms with Crippen LogP contribution in [0.4, 0.5) is 0 Å². The van der Waals surface area contributed by atoms with Gasteiger partial charge in [-0.25, -0.2) is 4.99 Å². The van der Waals surface area contributed by atoms with Crippen molar-refractivity contribution in [3.05, 3.63) is 12.7 Å².